The predicted molar refractivity (Wildman–Crippen MR) is 85.8 cm³/mol. The van der Waals surface area contributed by atoms with E-state index in [1.807, 2.05) is 18.2 Å². The molecule has 1 aliphatic rings. The minimum absolute atomic E-state index is 0.0987. The molecule has 5 nitrogen and oxygen atoms in total. The summed E-state index contributed by atoms with van der Waals surface area (Å²) in [4.78, 5) is 14.3. The Morgan fingerprint density at radius 3 is 3.18 bits per heavy atom. The SMILES string of the molecule is CNC(=O)c1cn[nH]c1C1CCCN1Cc1cccc(Cl)c1. The quantitative estimate of drug-likeness (QED) is 0.911. The average Bonchev–Trinajstić information content (AvgIpc) is 3.14. The fourth-order valence-corrected chi connectivity index (χ4v) is 3.29. The molecule has 2 aromatic rings. The molecule has 0 saturated carbocycles. The number of H-pyrrole nitrogens is 1. The van der Waals surface area contributed by atoms with E-state index in [1.165, 1.54) is 5.56 Å². The lowest BCUT2D eigenvalue weighted by molar-refractivity contribution is 0.0960. The van der Waals surface area contributed by atoms with Crippen molar-refractivity contribution in [1.29, 1.82) is 0 Å². The number of carbonyl (C=O) groups is 1. The first-order valence-electron chi connectivity index (χ1n) is 7.43. The molecule has 0 bridgehead atoms. The molecule has 1 aliphatic heterocycles. The zero-order valence-corrected chi connectivity index (χ0v) is 13.2. The van der Waals surface area contributed by atoms with Crippen LogP contribution in [0.5, 0.6) is 0 Å². The number of nitrogens with one attached hydrogen (secondary N) is 2. The van der Waals surface area contributed by atoms with Crippen molar-refractivity contribution in [2.75, 3.05) is 13.6 Å². The fourth-order valence-electron chi connectivity index (χ4n) is 3.08. The van der Waals surface area contributed by atoms with E-state index in [4.69, 9.17) is 11.6 Å². The molecule has 2 heterocycles. The molecule has 0 aliphatic carbocycles. The molecule has 1 unspecified atom stereocenters. The van der Waals surface area contributed by atoms with Crippen molar-refractivity contribution in [2.45, 2.75) is 25.4 Å². The second-order valence-electron chi connectivity index (χ2n) is 5.53. The maximum Gasteiger partial charge on any atom is 0.254 e. The molecule has 1 aromatic carbocycles. The van der Waals surface area contributed by atoms with Crippen LogP contribution in [0.1, 0.15) is 40.5 Å². The van der Waals surface area contributed by atoms with Crippen molar-refractivity contribution >= 4 is 17.5 Å². The number of hydrogen-bond acceptors (Lipinski definition) is 3. The number of nitrogens with zero attached hydrogens (tertiary/aromatic N) is 2. The predicted octanol–water partition coefficient (Wildman–Crippen LogP) is 2.76. The van der Waals surface area contributed by atoms with E-state index in [9.17, 15) is 4.79 Å². The van der Waals surface area contributed by atoms with Crippen molar-refractivity contribution in [3.8, 4) is 0 Å². The fraction of sp³-hybridized carbons (Fsp3) is 0.375. The lowest BCUT2D eigenvalue weighted by atomic mass is 10.1. The Balaban J connectivity index is 1.82. The van der Waals surface area contributed by atoms with Gasteiger partial charge in [-0.1, -0.05) is 23.7 Å². The first-order chi connectivity index (χ1) is 10.7. The molecule has 116 valence electrons. The van der Waals surface area contributed by atoms with Gasteiger partial charge in [0.25, 0.3) is 5.91 Å². The molecule has 0 spiro atoms. The van der Waals surface area contributed by atoms with Gasteiger partial charge in [-0.05, 0) is 37.1 Å². The van der Waals surface area contributed by atoms with Gasteiger partial charge in [0.2, 0.25) is 0 Å². The molecule has 1 amide bonds. The van der Waals surface area contributed by atoms with Gasteiger partial charge in [0.15, 0.2) is 0 Å². The van der Waals surface area contributed by atoms with E-state index in [2.05, 4.69) is 26.5 Å². The van der Waals surface area contributed by atoms with Crippen LogP contribution in [0.4, 0.5) is 0 Å². The van der Waals surface area contributed by atoms with Crippen molar-refractivity contribution < 1.29 is 4.79 Å². The van der Waals surface area contributed by atoms with Crippen LogP contribution >= 0.6 is 11.6 Å². The second-order valence-corrected chi connectivity index (χ2v) is 5.97. The Morgan fingerprint density at radius 2 is 2.41 bits per heavy atom. The number of aromatic amines is 1. The molecule has 1 aromatic heterocycles. The van der Waals surface area contributed by atoms with Crippen LogP contribution in [0.3, 0.4) is 0 Å². The molecule has 3 rings (SSSR count). The zero-order valence-electron chi connectivity index (χ0n) is 12.5. The van der Waals surface area contributed by atoms with Gasteiger partial charge in [-0.25, -0.2) is 0 Å². The Kier molecular flexibility index (Phi) is 4.45. The van der Waals surface area contributed by atoms with E-state index < -0.39 is 0 Å². The Morgan fingerprint density at radius 1 is 1.55 bits per heavy atom. The minimum atomic E-state index is -0.0987. The number of amides is 1. The number of rotatable bonds is 4. The molecule has 0 radical (unpaired) electrons. The summed E-state index contributed by atoms with van der Waals surface area (Å²) in [7, 11) is 1.64. The summed E-state index contributed by atoms with van der Waals surface area (Å²) in [5, 5.41) is 10.5. The number of benzene rings is 1. The molecular weight excluding hydrogens is 300 g/mol. The molecule has 1 saturated heterocycles. The first kappa shape index (κ1) is 15.1. The maximum absolute atomic E-state index is 12.0. The van der Waals surface area contributed by atoms with Gasteiger partial charge in [0, 0.05) is 18.6 Å². The smallest absolute Gasteiger partial charge is 0.254 e. The highest BCUT2D eigenvalue weighted by molar-refractivity contribution is 6.30. The minimum Gasteiger partial charge on any atom is -0.355 e. The van der Waals surface area contributed by atoms with Crippen LogP contribution in [0, 0.1) is 0 Å². The largest absolute Gasteiger partial charge is 0.355 e. The number of aromatic nitrogens is 2. The van der Waals surface area contributed by atoms with Crippen molar-refractivity contribution in [3.63, 3.8) is 0 Å². The monoisotopic (exact) mass is 318 g/mol. The summed E-state index contributed by atoms with van der Waals surface area (Å²) in [5.74, 6) is -0.0987. The average molecular weight is 319 g/mol. The van der Waals surface area contributed by atoms with Gasteiger partial charge in [-0.2, -0.15) is 5.10 Å². The van der Waals surface area contributed by atoms with Gasteiger partial charge >= 0.3 is 0 Å². The summed E-state index contributed by atoms with van der Waals surface area (Å²) in [5.41, 5.74) is 2.71. The molecule has 1 atom stereocenters. The van der Waals surface area contributed by atoms with Gasteiger partial charge < -0.3 is 5.32 Å². The lowest BCUT2D eigenvalue weighted by Crippen LogP contribution is -2.26. The second kappa shape index (κ2) is 6.50. The van der Waals surface area contributed by atoms with Crippen LogP contribution < -0.4 is 5.32 Å². The van der Waals surface area contributed by atoms with Crippen molar-refractivity contribution in [1.82, 2.24) is 20.4 Å². The highest BCUT2D eigenvalue weighted by Gasteiger charge is 2.30. The highest BCUT2D eigenvalue weighted by Crippen LogP contribution is 2.33. The first-order valence-corrected chi connectivity index (χ1v) is 7.80. The van der Waals surface area contributed by atoms with Crippen LogP contribution in [0.2, 0.25) is 5.02 Å². The van der Waals surface area contributed by atoms with E-state index in [-0.39, 0.29) is 11.9 Å². The molecule has 2 N–H and O–H groups in total. The summed E-state index contributed by atoms with van der Waals surface area (Å²) in [6.07, 6.45) is 3.73. The van der Waals surface area contributed by atoms with Crippen molar-refractivity contribution in [3.05, 3.63) is 52.3 Å². The van der Waals surface area contributed by atoms with E-state index in [0.29, 0.717) is 5.56 Å². The third-order valence-electron chi connectivity index (χ3n) is 4.11. The molecule has 22 heavy (non-hydrogen) atoms. The highest BCUT2D eigenvalue weighted by atomic mass is 35.5. The summed E-state index contributed by atoms with van der Waals surface area (Å²) in [6.45, 7) is 1.82. The topological polar surface area (TPSA) is 61.0 Å². The van der Waals surface area contributed by atoms with Crippen molar-refractivity contribution in [2.24, 2.45) is 0 Å². The van der Waals surface area contributed by atoms with Crippen LogP contribution in [-0.4, -0.2) is 34.6 Å². The summed E-state index contributed by atoms with van der Waals surface area (Å²) < 4.78 is 0. The van der Waals surface area contributed by atoms with Crippen LogP contribution in [0.15, 0.2) is 30.5 Å². The molecule has 6 heteroatoms. The van der Waals surface area contributed by atoms with Gasteiger partial charge in [0.05, 0.1) is 23.5 Å². The van der Waals surface area contributed by atoms with Gasteiger partial charge in [-0.15, -0.1) is 0 Å². The number of halogens is 1. The zero-order chi connectivity index (χ0) is 15.5. The normalized spacial score (nSPS) is 18.5. The van der Waals surface area contributed by atoms with E-state index in [1.54, 1.807) is 13.2 Å². The van der Waals surface area contributed by atoms with E-state index >= 15 is 0 Å². The third-order valence-corrected chi connectivity index (χ3v) is 4.35. The standard InChI is InChI=1S/C16H19ClN4O/c1-18-16(22)13-9-19-20-15(13)14-6-3-7-21(14)10-11-4-2-5-12(17)8-11/h2,4-5,8-9,14H,3,6-7,10H2,1H3,(H,18,22)(H,19,20). The molecule has 1 fully saturated rings. The lowest BCUT2D eigenvalue weighted by Gasteiger charge is -2.24. The Labute approximate surface area is 134 Å². The Bertz CT molecular complexity index is 670. The Hall–Kier alpha value is -1.85. The maximum atomic E-state index is 12.0. The van der Waals surface area contributed by atoms with Crippen LogP contribution in [0.25, 0.3) is 0 Å². The van der Waals surface area contributed by atoms with Gasteiger partial charge in [-0.3, -0.25) is 14.8 Å². The van der Waals surface area contributed by atoms with Gasteiger partial charge in [0.1, 0.15) is 0 Å². The molecular formula is C16H19ClN4O. The third kappa shape index (κ3) is 3.00. The number of likely N-dealkylation sites (tertiary alicyclic amines) is 1. The van der Waals surface area contributed by atoms with Crippen LogP contribution in [-0.2, 0) is 6.54 Å². The summed E-state index contributed by atoms with van der Waals surface area (Å²) in [6, 6.07) is 8.10. The van der Waals surface area contributed by atoms with E-state index in [0.717, 1.165) is 36.6 Å². The summed E-state index contributed by atoms with van der Waals surface area (Å²) >= 11 is 6.06. The number of carbonyl (C=O) groups excluding carboxylic acids is 1. The number of hydrogen-bond donors (Lipinski definition) is 2.